The highest BCUT2D eigenvalue weighted by molar-refractivity contribution is 5.93. The molecule has 28 heavy (non-hydrogen) atoms. The predicted molar refractivity (Wildman–Crippen MR) is 107 cm³/mol. The molecule has 0 fully saturated rings. The van der Waals surface area contributed by atoms with Gasteiger partial charge in [-0.05, 0) is 34.7 Å². The molecule has 1 aliphatic rings. The minimum Gasteiger partial charge on any atom is -0.368 e. The van der Waals surface area contributed by atoms with Crippen LogP contribution in [0.25, 0.3) is 0 Å². The van der Waals surface area contributed by atoms with E-state index in [9.17, 15) is 9.59 Å². The quantitative estimate of drug-likeness (QED) is 0.767. The van der Waals surface area contributed by atoms with E-state index in [-0.39, 0.29) is 5.91 Å². The SMILES string of the molecule is NC(=O)C1c2cc[c]cc2CCN1C(=O)C(c1ccccc1)c1ccccc1. The molecule has 2 N–H and O–H groups in total. The largest absolute Gasteiger partial charge is 0.368 e. The molecule has 4 nitrogen and oxygen atoms in total. The van der Waals surface area contributed by atoms with E-state index in [0.717, 1.165) is 22.3 Å². The summed E-state index contributed by atoms with van der Waals surface area (Å²) in [6, 6.07) is 27.1. The Morgan fingerprint density at radius 1 is 0.964 bits per heavy atom. The zero-order chi connectivity index (χ0) is 19.5. The summed E-state index contributed by atoms with van der Waals surface area (Å²) in [7, 11) is 0. The smallest absolute Gasteiger partial charge is 0.244 e. The number of rotatable bonds is 4. The number of fused-ring (bicyclic) bond motifs is 1. The number of nitrogens with zero attached hydrogens (tertiary/aromatic N) is 1. The van der Waals surface area contributed by atoms with Gasteiger partial charge in [0.15, 0.2) is 0 Å². The molecule has 1 radical (unpaired) electrons. The van der Waals surface area contributed by atoms with E-state index in [4.69, 9.17) is 5.73 Å². The number of nitrogens with two attached hydrogens (primary N) is 1. The summed E-state index contributed by atoms with van der Waals surface area (Å²) in [6.45, 7) is 0.452. The second-order valence-electron chi connectivity index (χ2n) is 6.97. The van der Waals surface area contributed by atoms with Gasteiger partial charge in [0.25, 0.3) is 0 Å². The van der Waals surface area contributed by atoms with Gasteiger partial charge in [0, 0.05) is 6.54 Å². The predicted octanol–water partition coefficient (Wildman–Crippen LogP) is 3.23. The van der Waals surface area contributed by atoms with Crippen molar-refractivity contribution in [1.29, 1.82) is 0 Å². The van der Waals surface area contributed by atoms with Gasteiger partial charge >= 0.3 is 0 Å². The van der Waals surface area contributed by atoms with E-state index in [2.05, 4.69) is 6.07 Å². The van der Waals surface area contributed by atoms with Gasteiger partial charge in [-0.25, -0.2) is 0 Å². The van der Waals surface area contributed by atoms with Crippen molar-refractivity contribution in [1.82, 2.24) is 4.90 Å². The molecular formula is C24H21N2O2. The lowest BCUT2D eigenvalue weighted by molar-refractivity contribution is -0.140. The van der Waals surface area contributed by atoms with Gasteiger partial charge < -0.3 is 10.6 Å². The Morgan fingerprint density at radius 2 is 1.57 bits per heavy atom. The summed E-state index contributed by atoms with van der Waals surface area (Å²) in [5.74, 6) is -1.11. The number of carbonyl (C=O) groups is 2. The van der Waals surface area contributed by atoms with Gasteiger partial charge in [-0.15, -0.1) is 0 Å². The van der Waals surface area contributed by atoms with Crippen molar-refractivity contribution in [3.05, 3.63) is 107 Å². The third kappa shape index (κ3) is 3.29. The number of primary amides is 1. The topological polar surface area (TPSA) is 63.4 Å². The van der Waals surface area contributed by atoms with Crippen LogP contribution < -0.4 is 5.73 Å². The highest BCUT2D eigenvalue weighted by Gasteiger charge is 2.38. The van der Waals surface area contributed by atoms with Crippen LogP contribution in [0.2, 0.25) is 0 Å². The summed E-state index contributed by atoms with van der Waals surface area (Å²) >= 11 is 0. The van der Waals surface area contributed by atoms with Gasteiger partial charge in [-0.1, -0.05) is 78.9 Å². The molecule has 0 saturated carbocycles. The monoisotopic (exact) mass is 369 g/mol. The Balaban J connectivity index is 1.78. The maximum atomic E-state index is 13.7. The van der Waals surface area contributed by atoms with E-state index in [1.807, 2.05) is 72.8 Å². The van der Waals surface area contributed by atoms with Crippen LogP contribution in [-0.4, -0.2) is 23.3 Å². The summed E-state index contributed by atoms with van der Waals surface area (Å²) in [4.78, 5) is 27.7. The lowest BCUT2D eigenvalue weighted by Crippen LogP contribution is -2.47. The lowest BCUT2D eigenvalue weighted by Gasteiger charge is -2.37. The van der Waals surface area contributed by atoms with Crippen molar-refractivity contribution in [3.8, 4) is 0 Å². The Labute approximate surface area is 164 Å². The zero-order valence-electron chi connectivity index (χ0n) is 15.4. The molecule has 139 valence electrons. The third-order valence-electron chi connectivity index (χ3n) is 5.28. The van der Waals surface area contributed by atoms with E-state index in [1.54, 1.807) is 11.0 Å². The Morgan fingerprint density at radius 3 is 2.14 bits per heavy atom. The molecule has 2 amide bonds. The van der Waals surface area contributed by atoms with Crippen LogP contribution in [0.1, 0.15) is 34.2 Å². The second kappa shape index (κ2) is 7.69. The molecule has 1 atom stereocenters. The number of hydrogen-bond donors (Lipinski definition) is 1. The molecular weight excluding hydrogens is 348 g/mol. The van der Waals surface area contributed by atoms with Gasteiger partial charge in [-0.2, -0.15) is 0 Å². The minimum absolute atomic E-state index is 0.111. The van der Waals surface area contributed by atoms with Crippen LogP contribution >= 0.6 is 0 Å². The standard InChI is InChI=1S/C24H21N2O2/c25-23(27)22-20-14-8-7-9-17(20)15-16-26(22)24(28)21(18-10-3-1-4-11-18)19-12-5-2-6-13-19/h1-6,8-14,21-22H,15-16H2,(H2,25,27). The molecule has 0 bridgehead atoms. The van der Waals surface area contributed by atoms with Crippen molar-refractivity contribution in [2.24, 2.45) is 5.73 Å². The molecule has 4 heteroatoms. The summed E-state index contributed by atoms with van der Waals surface area (Å²) < 4.78 is 0. The van der Waals surface area contributed by atoms with E-state index < -0.39 is 17.9 Å². The van der Waals surface area contributed by atoms with Gasteiger partial charge in [0.2, 0.25) is 11.8 Å². The highest BCUT2D eigenvalue weighted by Crippen LogP contribution is 2.34. The van der Waals surface area contributed by atoms with E-state index in [0.29, 0.717) is 13.0 Å². The molecule has 1 heterocycles. The summed E-state index contributed by atoms with van der Waals surface area (Å²) in [5.41, 5.74) is 9.36. The van der Waals surface area contributed by atoms with Crippen LogP contribution in [0, 0.1) is 6.07 Å². The fraction of sp³-hybridized carbons (Fsp3) is 0.167. The van der Waals surface area contributed by atoms with Gasteiger partial charge in [0.1, 0.15) is 6.04 Å². The molecule has 0 aromatic heterocycles. The first kappa shape index (κ1) is 18.0. The van der Waals surface area contributed by atoms with E-state index >= 15 is 0 Å². The molecule has 0 spiro atoms. The average Bonchev–Trinajstić information content (AvgIpc) is 2.74. The maximum absolute atomic E-state index is 13.7. The molecule has 0 saturated heterocycles. The first-order valence-corrected chi connectivity index (χ1v) is 9.35. The first-order chi connectivity index (χ1) is 13.7. The van der Waals surface area contributed by atoms with Crippen LogP contribution in [-0.2, 0) is 16.0 Å². The van der Waals surface area contributed by atoms with Crippen LogP contribution in [0.15, 0.2) is 78.9 Å². The van der Waals surface area contributed by atoms with Crippen LogP contribution in [0.3, 0.4) is 0 Å². The molecule has 3 aromatic carbocycles. The highest BCUT2D eigenvalue weighted by atomic mass is 16.2. The number of hydrogen-bond acceptors (Lipinski definition) is 2. The lowest BCUT2D eigenvalue weighted by atomic mass is 9.86. The van der Waals surface area contributed by atoms with E-state index in [1.165, 1.54) is 0 Å². The third-order valence-corrected chi connectivity index (χ3v) is 5.28. The Hall–Kier alpha value is -3.40. The van der Waals surface area contributed by atoms with Gasteiger partial charge in [0.05, 0.1) is 5.92 Å². The van der Waals surface area contributed by atoms with Crippen LogP contribution in [0.5, 0.6) is 0 Å². The Bertz CT molecular complexity index is 946. The Kier molecular flexibility index (Phi) is 4.94. The zero-order valence-corrected chi connectivity index (χ0v) is 15.4. The molecule has 1 aliphatic heterocycles. The van der Waals surface area contributed by atoms with Crippen molar-refractivity contribution >= 4 is 11.8 Å². The fourth-order valence-electron chi connectivity index (χ4n) is 3.98. The molecule has 3 aromatic rings. The number of amides is 2. The fourth-order valence-corrected chi connectivity index (χ4v) is 3.98. The van der Waals surface area contributed by atoms with Crippen molar-refractivity contribution in [3.63, 3.8) is 0 Å². The second-order valence-corrected chi connectivity index (χ2v) is 6.97. The summed E-state index contributed by atoms with van der Waals surface area (Å²) in [5, 5.41) is 0. The average molecular weight is 369 g/mol. The van der Waals surface area contributed by atoms with Crippen molar-refractivity contribution in [2.75, 3.05) is 6.54 Å². The normalized spacial score (nSPS) is 15.9. The maximum Gasteiger partial charge on any atom is 0.244 e. The molecule has 1 unspecified atom stereocenters. The van der Waals surface area contributed by atoms with Crippen LogP contribution in [0.4, 0.5) is 0 Å². The summed E-state index contributed by atoms with van der Waals surface area (Å²) in [6.07, 6.45) is 0.679. The molecule has 0 aliphatic carbocycles. The first-order valence-electron chi connectivity index (χ1n) is 9.35. The van der Waals surface area contributed by atoms with Crippen molar-refractivity contribution in [2.45, 2.75) is 18.4 Å². The number of benzene rings is 3. The number of carbonyl (C=O) groups excluding carboxylic acids is 2. The molecule has 4 rings (SSSR count). The van der Waals surface area contributed by atoms with Crippen molar-refractivity contribution < 1.29 is 9.59 Å². The van der Waals surface area contributed by atoms with Gasteiger partial charge in [-0.3, -0.25) is 9.59 Å². The minimum atomic E-state index is -0.763.